The Morgan fingerprint density at radius 3 is 3.00 bits per heavy atom. The second-order valence-corrected chi connectivity index (χ2v) is 3.11. The normalized spacial score (nSPS) is 18.9. The highest BCUT2D eigenvalue weighted by molar-refractivity contribution is 5.04. The predicted octanol–water partition coefficient (Wildman–Crippen LogP) is 3.24. The quantitative estimate of drug-likeness (QED) is 0.603. The number of ether oxygens (including phenoxy) is 1. The van der Waals surface area contributed by atoms with Crippen LogP contribution in [0.15, 0.2) is 24.2 Å². The summed E-state index contributed by atoms with van der Waals surface area (Å²) in [6.07, 6.45) is 9.32. The van der Waals surface area contributed by atoms with Crippen LogP contribution in [0.1, 0.15) is 33.1 Å². The summed E-state index contributed by atoms with van der Waals surface area (Å²) in [5.74, 6) is 1.88. The lowest BCUT2D eigenvalue weighted by Crippen LogP contribution is -1.98. The van der Waals surface area contributed by atoms with Crippen LogP contribution in [0.5, 0.6) is 0 Å². The van der Waals surface area contributed by atoms with E-state index in [1.165, 1.54) is 6.42 Å². The third kappa shape index (κ3) is 2.79. The molecule has 1 atom stereocenters. The number of hydrogen-bond donors (Lipinski definition) is 0. The van der Waals surface area contributed by atoms with Gasteiger partial charge in [-0.2, -0.15) is 0 Å². The molecule has 0 amide bonds. The zero-order chi connectivity index (χ0) is 8.10. The van der Waals surface area contributed by atoms with Gasteiger partial charge in [-0.3, -0.25) is 0 Å². The third-order valence-electron chi connectivity index (χ3n) is 2.04. The summed E-state index contributed by atoms with van der Waals surface area (Å²) in [5, 5.41) is 0. The van der Waals surface area contributed by atoms with Crippen LogP contribution in [-0.2, 0) is 4.74 Å². The molecule has 0 saturated carbocycles. The Morgan fingerprint density at radius 1 is 1.64 bits per heavy atom. The Morgan fingerprint density at radius 2 is 2.45 bits per heavy atom. The summed E-state index contributed by atoms with van der Waals surface area (Å²) in [6, 6.07) is 0. The van der Waals surface area contributed by atoms with Gasteiger partial charge in [-0.25, -0.2) is 0 Å². The fourth-order valence-corrected chi connectivity index (χ4v) is 1.06. The fraction of sp³-hybridized carbons (Fsp3) is 0.600. The molecule has 0 aromatic rings. The topological polar surface area (TPSA) is 9.23 Å². The van der Waals surface area contributed by atoms with Crippen LogP contribution in [-0.4, -0.2) is 0 Å². The standard InChI is InChI=1S/C10H16O/c1-3-9(2)8-10-6-4-5-7-11-10/h5-7,9H,3-4,8H2,1-2H3. The van der Waals surface area contributed by atoms with Gasteiger partial charge in [-0.15, -0.1) is 0 Å². The molecular weight excluding hydrogens is 136 g/mol. The van der Waals surface area contributed by atoms with Crippen molar-refractivity contribution in [1.29, 1.82) is 0 Å². The molecule has 0 aliphatic carbocycles. The maximum absolute atomic E-state index is 5.33. The van der Waals surface area contributed by atoms with E-state index in [4.69, 9.17) is 4.74 Å². The van der Waals surface area contributed by atoms with Crippen LogP contribution in [0.4, 0.5) is 0 Å². The SMILES string of the molecule is CCC(C)CC1=CCC=CO1. The molecule has 0 aromatic heterocycles. The van der Waals surface area contributed by atoms with Gasteiger partial charge in [0.25, 0.3) is 0 Å². The van der Waals surface area contributed by atoms with Crippen molar-refractivity contribution in [3.8, 4) is 0 Å². The summed E-state index contributed by atoms with van der Waals surface area (Å²) < 4.78 is 5.33. The molecule has 0 aromatic carbocycles. The molecule has 11 heavy (non-hydrogen) atoms. The second kappa shape index (κ2) is 4.22. The highest BCUT2D eigenvalue weighted by atomic mass is 16.5. The van der Waals surface area contributed by atoms with Gasteiger partial charge >= 0.3 is 0 Å². The van der Waals surface area contributed by atoms with Crippen LogP contribution in [0, 0.1) is 5.92 Å². The minimum Gasteiger partial charge on any atom is -0.470 e. The van der Waals surface area contributed by atoms with E-state index in [1.807, 2.05) is 6.08 Å². The summed E-state index contributed by atoms with van der Waals surface area (Å²) in [4.78, 5) is 0. The van der Waals surface area contributed by atoms with Crippen molar-refractivity contribution in [3.63, 3.8) is 0 Å². The van der Waals surface area contributed by atoms with E-state index in [0.29, 0.717) is 0 Å². The van der Waals surface area contributed by atoms with Gasteiger partial charge in [0, 0.05) is 6.42 Å². The second-order valence-electron chi connectivity index (χ2n) is 3.11. The van der Waals surface area contributed by atoms with Crippen molar-refractivity contribution in [1.82, 2.24) is 0 Å². The maximum Gasteiger partial charge on any atom is 0.0997 e. The van der Waals surface area contributed by atoms with E-state index < -0.39 is 0 Å². The minimum absolute atomic E-state index is 0.743. The van der Waals surface area contributed by atoms with Gasteiger partial charge in [0.2, 0.25) is 0 Å². The molecule has 0 bridgehead atoms. The largest absolute Gasteiger partial charge is 0.470 e. The van der Waals surface area contributed by atoms with E-state index in [9.17, 15) is 0 Å². The van der Waals surface area contributed by atoms with Gasteiger partial charge in [0.05, 0.1) is 12.0 Å². The first-order valence-corrected chi connectivity index (χ1v) is 4.33. The van der Waals surface area contributed by atoms with E-state index in [1.54, 1.807) is 6.26 Å². The Kier molecular flexibility index (Phi) is 3.21. The number of rotatable bonds is 3. The molecule has 1 aliphatic heterocycles. The zero-order valence-corrected chi connectivity index (χ0v) is 7.34. The third-order valence-corrected chi connectivity index (χ3v) is 2.04. The van der Waals surface area contributed by atoms with Crippen molar-refractivity contribution in [2.75, 3.05) is 0 Å². The highest BCUT2D eigenvalue weighted by Crippen LogP contribution is 2.18. The number of allylic oxidation sites excluding steroid dienone is 3. The Bertz CT molecular complexity index is 168. The van der Waals surface area contributed by atoms with Gasteiger partial charge in [-0.1, -0.05) is 20.3 Å². The summed E-state index contributed by atoms with van der Waals surface area (Å²) in [6.45, 7) is 4.46. The lowest BCUT2D eigenvalue weighted by atomic mass is 10.0. The molecule has 1 heteroatoms. The van der Waals surface area contributed by atoms with E-state index in [2.05, 4.69) is 19.9 Å². The summed E-state index contributed by atoms with van der Waals surface area (Å²) >= 11 is 0. The van der Waals surface area contributed by atoms with Gasteiger partial charge < -0.3 is 4.74 Å². The summed E-state index contributed by atoms with van der Waals surface area (Å²) in [5.41, 5.74) is 0. The molecule has 0 radical (unpaired) electrons. The van der Waals surface area contributed by atoms with E-state index >= 15 is 0 Å². The smallest absolute Gasteiger partial charge is 0.0997 e. The van der Waals surface area contributed by atoms with Crippen molar-refractivity contribution in [2.24, 2.45) is 5.92 Å². The molecule has 0 fully saturated rings. The Balaban J connectivity index is 2.31. The maximum atomic E-state index is 5.33. The molecule has 1 heterocycles. The molecule has 1 rings (SSSR count). The average Bonchev–Trinajstić information content (AvgIpc) is 2.06. The molecular formula is C10H16O. The van der Waals surface area contributed by atoms with Crippen molar-refractivity contribution >= 4 is 0 Å². The molecule has 1 nitrogen and oxygen atoms in total. The molecule has 0 spiro atoms. The first-order valence-electron chi connectivity index (χ1n) is 4.33. The predicted molar refractivity (Wildman–Crippen MR) is 47.0 cm³/mol. The lowest BCUT2D eigenvalue weighted by molar-refractivity contribution is 0.302. The van der Waals surface area contributed by atoms with Gasteiger partial charge in [0.15, 0.2) is 0 Å². The minimum atomic E-state index is 0.743. The lowest BCUT2D eigenvalue weighted by Gasteiger charge is -2.13. The summed E-state index contributed by atoms with van der Waals surface area (Å²) in [7, 11) is 0. The van der Waals surface area contributed by atoms with Crippen LogP contribution < -0.4 is 0 Å². The van der Waals surface area contributed by atoms with Crippen LogP contribution in [0.2, 0.25) is 0 Å². The Hall–Kier alpha value is -0.720. The molecule has 1 unspecified atom stereocenters. The molecule has 0 N–H and O–H groups in total. The monoisotopic (exact) mass is 152 g/mol. The van der Waals surface area contributed by atoms with E-state index in [0.717, 1.165) is 24.5 Å². The van der Waals surface area contributed by atoms with Crippen LogP contribution >= 0.6 is 0 Å². The molecule has 62 valence electrons. The number of hydrogen-bond acceptors (Lipinski definition) is 1. The van der Waals surface area contributed by atoms with Crippen LogP contribution in [0.25, 0.3) is 0 Å². The first kappa shape index (κ1) is 8.38. The van der Waals surface area contributed by atoms with E-state index in [-0.39, 0.29) is 0 Å². The average molecular weight is 152 g/mol. The highest BCUT2D eigenvalue weighted by Gasteiger charge is 2.05. The first-order chi connectivity index (χ1) is 5.33. The molecule has 0 saturated heterocycles. The van der Waals surface area contributed by atoms with Gasteiger partial charge in [-0.05, 0) is 24.5 Å². The van der Waals surface area contributed by atoms with Gasteiger partial charge in [0.1, 0.15) is 0 Å². The Labute approximate surface area is 68.8 Å². The van der Waals surface area contributed by atoms with Crippen molar-refractivity contribution in [3.05, 3.63) is 24.2 Å². The van der Waals surface area contributed by atoms with Crippen molar-refractivity contribution < 1.29 is 4.74 Å². The van der Waals surface area contributed by atoms with Crippen LogP contribution in [0.3, 0.4) is 0 Å². The molecule has 1 aliphatic rings. The van der Waals surface area contributed by atoms with Crippen molar-refractivity contribution in [2.45, 2.75) is 33.1 Å². The zero-order valence-electron chi connectivity index (χ0n) is 7.34. The fourth-order valence-electron chi connectivity index (χ4n) is 1.06.